The molecule has 2 aliphatic rings. The highest BCUT2D eigenvalue weighted by Gasteiger charge is 2.22. The first-order valence-corrected chi connectivity index (χ1v) is 12.2. The number of aliphatic hydroxyl groups excluding tert-OH is 1. The number of benzene rings is 1. The van der Waals surface area contributed by atoms with Gasteiger partial charge < -0.3 is 19.8 Å². The van der Waals surface area contributed by atoms with Crippen LogP contribution in [0, 0.1) is 11.3 Å². The van der Waals surface area contributed by atoms with Gasteiger partial charge in [-0.3, -0.25) is 4.98 Å². The smallest absolute Gasteiger partial charge is 0.338 e. The number of esters is 1. The summed E-state index contributed by atoms with van der Waals surface area (Å²) in [7, 11) is 0. The molecular formula is C28H31N3O3. The Hall–Kier alpha value is -3.41. The molecule has 0 spiro atoms. The normalized spacial score (nSPS) is 17.3. The number of rotatable bonds is 5. The van der Waals surface area contributed by atoms with E-state index < -0.39 is 0 Å². The number of hydrogen-bond acceptors (Lipinski definition) is 5. The molecule has 0 amide bonds. The molecule has 1 aliphatic heterocycles. The zero-order chi connectivity index (χ0) is 23.8. The molecule has 1 aromatic carbocycles. The average Bonchev–Trinajstić information content (AvgIpc) is 3.17. The lowest BCUT2D eigenvalue weighted by Gasteiger charge is -2.22. The molecule has 3 heterocycles. The van der Waals surface area contributed by atoms with Gasteiger partial charge in [0.25, 0.3) is 0 Å². The van der Waals surface area contributed by atoms with Gasteiger partial charge in [0.1, 0.15) is 0 Å². The first-order valence-electron chi connectivity index (χ1n) is 12.2. The number of carbonyl (C=O) groups excluding carboxylic acids is 1. The minimum atomic E-state index is -0.254. The average molecular weight is 458 g/mol. The third kappa shape index (κ3) is 4.13. The maximum Gasteiger partial charge on any atom is 0.338 e. The lowest BCUT2D eigenvalue weighted by atomic mass is 9.89. The molecule has 5 rings (SSSR count). The number of hydrogen-bond donors (Lipinski definition) is 2. The van der Waals surface area contributed by atoms with Crippen LogP contribution in [0.5, 0.6) is 0 Å². The number of pyridine rings is 1. The minimum Gasteiger partial charge on any atom is -0.512 e. The van der Waals surface area contributed by atoms with Crippen LogP contribution in [-0.2, 0) is 17.7 Å². The Balaban J connectivity index is 1.64. The van der Waals surface area contributed by atoms with E-state index in [1.54, 1.807) is 20.0 Å². The quantitative estimate of drug-likeness (QED) is 0.266. The first-order chi connectivity index (χ1) is 16.4. The van der Waals surface area contributed by atoms with Crippen LogP contribution in [0.15, 0.2) is 42.4 Å². The fourth-order valence-corrected chi connectivity index (χ4v) is 5.51. The molecule has 0 unspecified atom stereocenters. The van der Waals surface area contributed by atoms with E-state index in [1.807, 2.05) is 12.1 Å². The van der Waals surface area contributed by atoms with E-state index in [4.69, 9.17) is 15.1 Å². The van der Waals surface area contributed by atoms with Crippen molar-refractivity contribution in [3.05, 3.63) is 59.1 Å². The summed E-state index contributed by atoms with van der Waals surface area (Å²) in [5.74, 6) is 0.509. The van der Waals surface area contributed by atoms with Gasteiger partial charge in [0.05, 0.1) is 29.0 Å². The molecule has 34 heavy (non-hydrogen) atoms. The van der Waals surface area contributed by atoms with Crippen molar-refractivity contribution in [3.63, 3.8) is 0 Å². The van der Waals surface area contributed by atoms with Gasteiger partial charge in [-0.25, -0.2) is 4.79 Å². The standard InChI is InChI=1S/C28H31N3O3/c1-17(29)26(18(2)32)22-13-25-27(30-14-22)24(16-31(25)15-19-6-4-3-5-7-19)20-8-9-23-21(12-20)10-11-34-28(23)33/h8-9,12-14,16,19,29,32H,3-7,10-11,15H2,1-2H3/b26-18+,29-17?. The summed E-state index contributed by atoms with van der Waals surface area (Å²) < 4.78 is 7.49. The van der Waals surface area contributed by atoms with Crippen molar-refractivity contribution in [2.75, 3.05) is 6.61 Å². The van der Waals surface area contributed by atoms with Crippen molar-refractivity contribution < 1.29 is 14.6 Å². The Morgan fingerprint density at radius 2 is 1.97 bits per heavy atom. The third-order valence-electron chi connectivity index (χ3n) is 7.16. The van der Waals surface area contributed by atoms with Crippen molar-refractivity contribution in [1.82, 2.24) is 9.55 Å². The highest BCUT2D eigenvalue weighted by Crippen LogP contribution is 2.35. The Bertz CT molecular complexity index is 1310. The molecule has 0 radical (unpaired) electrons. The molecule has 2 aromatic heterocycles. The number of carbonyl (C=O) groups is 1. The number of nitrogens with one attached hydrogen (secondary N) is 1. The van der Waals surface area contributed by atoms with Crippen LogP contribution in [0.2, 0.25) is 0 Å². The highest BCUT2D eigenvalue weighted by molar-refractivity contribution is 6.22. The van der Waals surface area contributed by atoms with Gasteiger partial charge in [-0.05, 0) is 55.9 Å². The third-order valence-corrected chi connectivity index (χ3v) is 7.16. The number of aliphatic hydroxyl groups is 1. The summed E-state index contributed by atoms with van der Waals surface area (Å²) >= 11 is 0. The Kier molecular flexibility index (Phi) is 5.98. The van der Waals surface area contributed by atoms with Crippen LogP contribution in [0.4, 0.5) is 0 Å². The number of aromatic nitrogens is 2. The highest BCUT2D eigenvalue weighted by atomic mass is 16.5. The van der Waals surface area contributed by atoms with E-state index in [0.717, 1.165) is 46.3 Å². The summed E-state index contributed by atoms with van der Waals surface area (Å²) in [5.41, 5.74) is 7.23. The van der Waals surface area contributed by atoms with Crippen LogP contribution in [0.25, 0.3) is 27.7 Å². The van der Waals surface area contributed by atoms with Crippen LogP contribution in [-0.4, -0.2) is 32.9 Å². The second-order valence-corrected chi connectivity index (χ2v) is 9.63. The summed E-state index contributed by atoms with van der Waals surface area (Å²) in [6, 6.07) is 7.98. The molecule has 2 N–H and O–H groups in total. The van der Waals surface area contributed by atoms with E-state index in [2.05, 4.69) is 22.9 Å². The molecule has 6 nitrogen and oxygen atoms in total. The van der Waals surface area contributed by atoms with Crippen LogP contribution >= 0.6 is 0 Å². The van der Waals surface area contributed by atoms with Gasteiger partial charge >= 0.3 is 5.97 Å². The second-order valence-electron chi connectivity index (χ2n) is 9.63. The van der Waals surface area contributed by atoms with Crippen LogP contribution in [0.3, 0.4) is 0 Å². The fourth-order valence-electron chi connectivity index (χ4n) is 5.51. The topological polar surface area (TPSA) is 88.2 Å². The second kappa shape index (κ2) is 9.09. The maximum absolute atomic E-state index is 12.1. The van der Waals surface area contributed by atoms with Crippen molar-refractivity contribution >= 4 is 28.3 Å². The molecule has 1 saturated carbocycles. The SMILES string of the molecule is CC(=N)/C(=C(/C)O)c1cnc2c(-c3ccc4c(c3)CCOC4=O)cn(CC3CCCCC3)c2c1. The van der Waals surface area contributed by atoms with Gasteiger partial charge in [-0.2, -0.15) is 0 Å². The Labute approximate surface area is 199 Å². The molecule has 0 bridgehead atoms. The molecule has 0 saturated heterocycles. The number of cyclic esters (lactones) is 1. The van der Waals surface area contributed by atoms with Gasteiger partial charge in [0.2, 0.25) is 0 Å². The van der Waals surface area contributed by atoms with E-state index in [0.29, 0.717) is 29.4 Å². The number of nitrogens with zero attached hydrogens (tertiary/aromatic N) is 2. The molecular weight excluding hydrogens is 426 g/mol. The van der Waals surface area contributed by atoms with Crippen molar-refractivity contribution in [2.24, 2.45) is 5.92 Å². The van der Waals surface area contributed by atoms with Gasteiger partial charge in [-0.1, -0.05) is 31.4 Å². The van der Waals surface area contributed by atoms with Crippen LogP contribution in [0.1, 0.15) is 67.4 Å². The van der Waals surface area contributed by atoms with Crippen molar-refractivity contribution in [3.8, 4) is 11.1 Å². The van der Waals surface area contributed by atoms with E-state index >= 15 is 0 Å². The Morgan fingerprint density at radius 3 is 2.71 bits per heavy atom. The lowest BCUT2D eigenvalue weighted by Crippen LogP contribution is -2.17. The summed E-state index contributed by atoms with van der Waals surface area (Å²) in [6.45, 7) is 4.64. The summed E-state index contributed by atoms with van der Waals surface area (Å²) in [4.78, 5) is 16.9. The largest absolute Gasteiger partial charge is 0.512 e. The lowest BCUT2D eigenvalue weighted by molar-refractivity contribution is 0.0480. The van der Waals surface area contributed by atoms with E-state index in [-0.39, 0.29) is 11.7 Å². The predicted octanol–water partition coefficient (Wildman–Crippen LogP) is 6.33. The molecule has 0 atom stereocenters. The number of fused-ring (bicyclic) bond motifs is 2. The van der Waals surface area contributed by atoms with E-state index in [9.17, 15) is 9.90 Å². The van der Waals surface area contributed by atoms with Gasteiger partial charge in [-0.15, -0.1) is 0 Å². The predicted molar refractivity (Wildman–Crippen MR) is 134 cm³/mol. The molecule has 6 heteroatoms. The minimum absolute atomic E-state index is 0.126. The zero-order valence-corrected chi connectivity index (χ0v) is 19.9. The fraction of sp³-hybridized carbons (Fsp3) is 0.393. The summed E-state index contributed by atoms with van der Waals surface area (Å²) in [6.07, 6.45) is 11.0. The van der Waals surface area contributed by atoms with Gasteiger partial charge in [0.15, 0.2) is 0 Å². The number of ether oxygens (including phenoxy) is 1. The molecule has 1 aliphatic carbocycles. The summed E-state index contributed by atoms with van der Waals surface area (Å²) in [5, 5.41) is 18.4. The number of allylic oxidation sites excluding steroid dienone is 2. The molecule has 1 fully saturated rings. The van der Waals surface area contributed by atoms with E-state index in [1.165, 1.54) is 32.1 Å². The van der Waals surface area contributed by atoms with Crippen molar-refractivity contribution in [2.45, 2.75) is 58.9 Å². The molecule has 3 aromatic rings. The zero-order valence-electron chi connectivity index (χ0n) is 19.9. The molecule has 176 valence electrons. The van der Waals surface area contributed by atoms with Crippen molar-refractivity contribution in [1.29, 1.82) is 5.41 Å². The monoisotopic (exact) mass is 457 g/mol. The maximum atomic E-state index is 12.1. The first kappa shape index (κ1) is 22.4. The Morgan fingerprint density at radius 1 is 1.18 bits per heavy atom. The van der Waals surface area contributed by atoms with Crippen LogP contribution < -0.4 is 0 Å². The van der Waals surface area contributed by atoms with Gasteiger partial charge in [0, 0.05) is 47.8 Å².